The Bertz CT molecular complexity index is 800. The zero-order valence-electron chi connectivity index (χ0n) is 12.8. The van der Waals surface area contributed by atoms with Gasteiger partial charge >= 0.3 is 0 Å². The first-order valence-electron chi connectivity index (χ1n) is 6.97. The minimum atomic E-state index is -3.94. The molecular formula is C16H17NO6S. The average Bonchev–Trinajstić information content (AvgIpc) is 2.54. The van der Waals surface area contributed by atoms with Crippen LogP contribution in [0.25, 0.3) is 0 Å². The van der Waals surface area contributed by atoms with Crippen LogP contribution in [-0.4, -0.2) is 36.0 Å². The van der Waals surface area contributed by atoms with Crippen molar-refractivity contribution in [3.05, 3.63) is 54.6 Å². The van der Waals surface area contributed by atoms with Crippen molar-refractivity contribution in [3.63, 3.8) is 0 Å². The average molecular weight is 351 g/mol. The molecule has 0 bridgehead atoms. The van der Waals surface area contributed by atoms with Gasteiger partial charge in [0.25, 0.3) is 5.91 Å². The summed E-state index contributed by atoms with van der Waals surface area (Å²) in [5.74, 6) is -1.02. The smallest absolute Gasteiger partial charge is 0.276 e. The number of ether oxygens (including phenoxy) is 1. The van der Waals surface area contributed by atoms with Crippen LogP contribution in [0.3, 0.4) is 0 Å². The minimum Gasteiger partial charge on any atom is -0.457 e. The number of carbonyl (C=O) groups is 1. The number of para-hydroxylation sites is 1. The van der Waals surface area contributed by atoms with E-state index in [4.69, 9.17) is 9.94 Å². The Morgan fingerprint density at radius 2 is 1.62 bits per heavy atom. The normalized spacial score (nSPS) is 13.8. The summed E-state index contributed by atoms with van der Waals surface area (Å²) in [5, 5.41) is 18.4. The molecule has 3 N–H and O–H groups in total. The molecule has 0 saturated carbocycles. The lowest BCUT2D eigenvalue weighted by Gasteiger charge is -2.20. The van der Waals surface area contributed by atoms with Gasteiger partial charge < -0.3 is 9.84 Å². The van der Waals surface area contributed by atoms with Crippen LogP contribution < -0.4 is 10.2 Å². The van der Waals surface area contributed by atoms with Gasteiger partial charge in [-0.3, -0.25) is 10.0 Å². The molecule has 2 aromatic rings. The summed E-state index contributed by atoms with van der Waals surface area (Å²) in [7, 11) is -3.94. The number of sulfone groups is 1. The second-order valence-electron chi connectivity index (χ2n) is 5.36. The maximum absolute atomic E-state index is 12.3. The van der Waals surface area contributed by atoms with E-state index in [2.05, 4.69) is 0 Å². The molecular weight excluding hydrogens is 334 g/mol. The third-order valence-corrected chi connectivity index (χ3v) is 5.16. The molecule has 0 aliphatic heterocycles. The Morgan fingerprint density at radius 1 is 1.08 bits per heavy atom. The van der Waals surface area contributed by atoms with Crippen molar-refractivity contribution in [2.24, 2.45) is 0 Å². The standard InChI is InChI=1S/C16H17NO6S/c1-16(19,15(18)17-20)11-24(21,22)14-9-7-13(8-10-14)23-12-5-3-2-4-6-12/h2-10,19-20H,11H2,1H3,(H,17,18)/t16-/m0/s1. The quantitative estimate of drug-likeness (QED) is 0.537. The van der Waals surface area contributed by atoms with Gasteiger partial charge in [-0.2, -0.15) is 0 Å². The molecule has 24 heavy (non-hydrogen) atoms. The Kier molecular flexibility index (Phi) is 5.23. The zero-order valence-corrected chi connectivity index (χ0v) is 13.7. The molecule has 1 atom stereocenters. The van der Waals surface area contributed by atoms with Crippen LogP contribution in [0.15, 0.2) is 59.5 Å². The molecule has 128 valence electrons. The van der Waals surface area contributed by atoms with Gasteiger partial charge in [0.15, 0.2) is 15.4 Å². The van der Waals surface area contributed by atoms with Crippen molar-refractivity contribution in [1.29, 1.82) is 0 Å². The highest BCUT2D eigenvalue weighted by Gasteiger charge is 2.36. The van der Waals surface area contributed by atoms with Crippen molar-refractivity contribution in [1.82, 2.24) is 5.48 Å². The summed E-state index contributed by atoms with van der Waals surface area (Å²) in [4.78, 5) is 11.2. The molecule has 0 spiro atoms. The summed E-state index contributed by atoms with van der Waals surface area (Å²) in [6.45, 7) is 1.00. The van der Waals surface area contributed by atoms with Gasteiger partial charge in [-0.25, -0.2) is 13.9 Å². The number of carbonyl (C=O) groups excluding carboxylic acids is 1. The van der Waals surface area contributed by atoms with Crippen LogP contribution in [0.4, 0.5) is 0 Å². The minimum absolute atomic E-state index is 0.0751. The van der Waals surface area contributed by atoms with Gasteiger partial charge in [0.2, 0.25) is 0 Å². The molecule has 0 radical (unpaired) electrons. The summed E-state index contributed by atoms with van der Waals surface area (Å²) in [5.41, 5.74) is -1.01. The van der Waals surface area contributed by atoms with Crippen molar-refractivity contribution in [2.45, 2.75) is 17.4 Å². The summed E-state index contributed by atoms with van der Waals surface area (Å²) >= 11 is 0. The third kappa shape index (κ3) is 4.31. The van der Waals surface area contributed by atoms with E-state index in [1.807, 2.05) is 18.2 Å². The molecule has 8 heteroatoms. The van der Waals surface area contributed by atoms with Crippen molar-refractivity contribution in [2.75, 3.05) is 5.75 Å². The van der Waals surface area contributed by atoms with E-state index in [-0.39, 0.29) is 4.90 Å². The van der Waals surface area contributed by atoms with Gasteiger partial charge in [-0.1, -0.05) is 18.2 Å². The largest absolute Gasteiger partial charge is 0.457 e. The first kappa shape index (κ1) is 17.9. The highest BCUT2D eigenvalue weighted by molar-refractivity contribution is 7.91. The van der Waals surface area contributed by atoms with Crippen LogP contribution in [0.2, 0.25) is 0 Å². The van der Waals surface area contributed by atoms with E-state index in [0.29, 0.717) is 11.5 Å². The predicted molar refractivity (Wildman–Crippen MR) is 85.6 cm³/mol. The molecule has 0 aromatic heterocycles. The van der Waals surface area contributed by atoms with Crippen LogP contribution in [0.5, 0.6) is 11.5 Å². The fourth-order valence-corrected chi connectivity index (χ4v) is 3.57. The van der Waals surface area contributed by atoms with Crippen LogP contribution in [0, 0.1) is 0 Å². The number of amides is 1. The summed E-state index contributed by atoms with van der Waals surface area (Å²) < 4.78 is 30.1. The fourth-order valence-electron chi connectivity index (χ4n) is 1.98. The number of hydrogen-bond donors (Lipinski definition) is 3. The van der Waals surface area contributed by atoms with E-state index < -0.39 is 27.1 Å². The Hall–Kier alpha value is -2.42. The Morgan fingerprint density at radius 3 is 2.17 bits per heavy atom. The molecule has 2 aromatic carbocycles. The topological polar surface area (TPSA) is 113 Å². The number of rotatable bonds is 6. The molecule has 2 rings (SSSR count). The van der Waals surface area contributed by atoms with Gasteiger partial charge in [-0.15, -0.1) is 0 Å². The second kappa shape index (κ2) is 7.00. The van der Waals surface area contributed by atoms with E-state index in [1.165, 1.54) is 29.7 Å². The number of aliphatic hydroxyl groups is 1. The molecule has 7 nitrogen and oxygen atoms in total. The van der Waals surface area contributed by atoms with E-state index in [9.17, 15) is 18.3 Å². The zero-order chi connectivity index (χ0) is 17.8. The van der Waals surface area contributed by atoms with Crippen molar-refractivity contribution >= 4 is 15.7 Å². The molecule has 0 aliphatic carbocycles. The first-order valence-corrected chi connectivity index (χ1v) is 8.62. The monoisotopic (exact) mass is 351 g/mol. The number of hydrogen-bond acceptors (Lipinski definition) is 6. The highest BCUT2D eigenvalue weighted by Crippen LogP contribution is 2.24. The van der Waals surface area contributed by atoms with E-state index in [1.54, 1.807) is 12.1 Å². The summed E-state index contributed by atoms with van der Waals surface area (Å²) in [6, 6.07) is 14.6. The molecule has 0 heterocycles. The molecule has 1 amide bonds. The highest BCUT2D eigenvalue weighted by atomic mass is 32.2. The van der Waals surface area contributed by atoms with Crippen molar-refractivity contribution < 1.29 is 28.3 Å². The van der Waals surface area contributed by atoms with E-state index >= 15 is 0 Å². The van der Waals surface area contributed by atoms with Crippen LogP contribution in [0.1, 0.15) is 6.92 Å². The first-order chi connectivity index (χ1) is 11.2. The SMILES string of the molecule is C[C@](O)(CS(=O)(=O)c1ccc(Oc2ccccc2)cc1)C(=O)NO. The Labute approximate surface area is 139 Å². The lowest BCUT2D eigenvalue weighted by Crippen LogP contribution is -2.48. The second-order valence-corrected chi connectivity index (χ2v) is 7.35. The van der Waals surface area contributed by atoms with E-state index in [0.717, 1.165) is 6.92 Å². The molecule has 0 aliphatic rings. The van der Waals surface area contributed by atoms with Gasteiger partial charge in [0.1, 0.15) is 11.5 Å². The van der Waals surface area contributed by atoms with Gasteiger partial charge in [-0.05, 0) is 43.3 Å². The summed E-state index contributed by atoms with van der Waals surface area (Å²) in [6.07, 6.45) is 0. The molecule has 0 unspecified atom stereocenters. The fraction of sp³-hybridized carbons (Fsp3) is 0.188. The van der Waals surface area contributed by atoms with Gasteiger partial charge in [0, 0.05) is 0 Å². The predicted octanol–water partition coefficient (Wildman–Crippen LogP) is 1.51. The lowest BCUT2D eigenvalue weighted by atomic mass is 10.1. The maximum Gasteiger partial charge on any atom is 0.276 e. The van der Waals surface area contributed by atoms with Crippen LogP contribution in [-0.2, 0) is 14.6 Å². The third-order valence-electron chi connectivity index (χ3n) is 3.22. The van der Waals surface area contributed by atoms with Crippen LogP contribution >= 0.6 is 0 Å². The molecule has 0 saturated heterocycles. The van der Waals surface area contributed by atoms with Crippen molar-refractivity contribution in [3.8, 4) is 11.5 Å². The van der Waals surface area contributed by atoms with Gasteiger partial charge in [0.05, 0.1) is 10.6 Å². The number of nitrogens with one attached hydrogen (secondary N) is 1. The lowest BCUT2D eigenvalue weighted by molar-refractivity contribution is -0.144. The maximum atomic E-state index is 12.3. The number of benzene rings is 2. The Balaban J connectivity index is 2.16. The molecule has 0 fully saturated rings. The number of hydroxylamine groups is 1.